The monoisotopic (exact) mass is 697 g/mol. The normalized spacial score (nSPS) is 18.2. The molecule has 2 aliphatic rings. The molecule has 0 radical (unpaired) electrons. The quantitative estimate of drug-likeness (QED) is 0.161. The molecule has 11 rings (SSSR count). The van der Waals surface area contributed by atoms with E-state index in [9.17, 15) is 0 Å². The van der Waals surface area contributed by atoms with Crippen LogP contribution in [0.5, 0.6) is 0 Å². The van der Waals surface area contributed by atoms with Crippen molar-refractivity contribution in [2.24, 2.45) is 5.92 Å². The first-order valence-electron chi connectivity index (χ1n) is 19.0. The predicted molar refractivity (Wildman–Crippen MR) is 224 cm³/mol. The van der Waals surface area contributed by atoms with E-state index >= 15 is 0 Å². The highest BCUT2D eigenvalue weighted by molar-refractivity contribution is 6.19. The second-order valence-electron chi connectivity index (χ2n) is 14.7. The van der Waals surface area contributed by atoms with Gasteiger partial charge in [0.1, 0.15) is 6.17 Å². The maximum atomic E-state index is 3.67. The van der Waals surface area contributed by atoms with Gasteiger partial charge in [0.05, 0.1) is 27.8 Å². The van der Waals surface area contributed by atoms with Crippen molar-refractivity contribution in [1.29, 1.82) is 0 Å². The molecular formula is C49H39N5. The largest absolute Gasteiger partial charge is 0.309 e. The van der Waals surface area contributed by atoms with Gasteiger partial charge in [-0.15, -0.1) is 0 Å². The standard InChI is InChI=1S/C49H39N5/c1-4-16-34(17-5-1)32-51(54-49(50-54)35-18-6-2-7-19-35)33-36-28-29-46(39-23-11-10-22-38(36)39)53-45-27-15-13-25-41(45)43-30-42-40-24-12-14-26-44(40)52(47(42)31-48(43)53)37-20-8-3-9-21-37/h1-16,18-31,34,49-50H,17,32-33H2. The van der Waals surface area contributed by atoms with E-state index in [-0.39, 0.29) is 6.17 Å². The van der Waals surface area contributed by atoms with Crippen molar-refractivity contribution in [3.63, 3.8) is 0 Å². The molecule has 3 atom stereocenters. The molecule has 0 saturated carbocycles. The number of para-hydroxylation sites is 3. The minimum absolute atomic E-state index is 0.181. The Morgan fingerprint density at radius 2 is 1.17 bits per heavy atom. The number of benzene rings is 7. The molecule has 5 heteroatoms. The van der Waals surface area contributed by atoms with E-state index in [1.807, 2.05) is 0 Å². The van der Waals surface area contributed by atoms with Gasteiger partial charge in [0, 0.05) is 45.7 Å². The molecule has 0 bridgehead atoms. The van der Waals surface area contributed by atoms with E-state index in [0.717, 1.165) is 19.5 Å². The number of nitrogens with zero attached hydrogens (tertiary/aromatic N) is 4. The summed E-state index contributed by atoms with van der Waals surface area (Å²) in [7, 11) is 0. The van der Waals surface area contributed by atoms with Gasteiger partial charge >= 0.3 is 0 Å². The number of hydrogen-bond acceptors (Lipinski definition) is 3. The van der Waals surface area contributed by atoms with Crippen LogP contribution in [0, 0.1) is 5.92 Å². The van der Waals surface area contributed by atoms with Gasteiger partial charge in [-0.25, -0.2) is 10.4 Å². The van der Waals surface area contributed by atoms with Crippen molar-refractivity contribution in [1.82, 2.24) is 24.7 Å². The summed E-state index contributed by atoms with van der Waals surface area (Å²) >= 11 is 0. The van der Waals surface area contributed by atoms with Crippen LogP contribution in [0.3, 0.4) is 0 Å². The molecular weight excluding hydrogens is 659 g/mol. The lowest BCUT2D eigenvalue weighted by atomic mass is 9.99. The van der Waals surface area contributed by atoms with Crippen LogP contribution in [-0.4, -0.2) is 25.8 Å². The number of hydrogen-bond donors (Lipinski definition) is 1. The van der Waals surface area contributed by atoms with E-state index in [4.69, 9.17) is 0 Å². The zero-order valence-corrected chi connectivity index (χ0v) is 29.9. The molecule has 1 aliphatic heterocycles. The number of aromatic nitrogens is 2. The summed E-state index contributed by atoms with van der Waals surface area (Å²) in [5, 5.41) is 12.4. The molecule has 9 aromatic rings. The van der Waals surface area contributed by atoms with Gasteiger partial charge < -0.3 is 9.13 Å². The molecule has 0 spiro atoms. The topological polar surface area (TPSA) is 38.0 Å². The summed E-state index contributed by atoms with van der Waals surface area (Å²) < 4.78 is 4.92. The Bertz CT molecular complexity index is 2920. The van der Waals surface area contributed by atoms with E-state index in [0.29, 0.717) is 5.92 Å². The van der Waals surface area contributed by atoms with Crippen molar-refractivity contribution in [2.75, 3.05) is 6.54 Å². The summed E-state index contributed by atoms with van der Waals surface area (Å²) in [5.41, 5.74) is 13.5. The third-order valence-corrected chi connectivity index (χ3v) is 11.4. The minimum Gasteiger partial charge on any atom is -0.309 e. The Morgan fingerprint density at radius 1 is 0.537 bits per heavy atom. The van der Waals surface area contributed by atoms with Crippen LogP contribution in [0.15, 0.2) is 182 Å². The molecule has 7 aromatic carbocycles. The number of rotatable bonds is 8. The van der Waals surface area contributed by atoms with Crippen LogP contribution >= 0.6 is 0 Å². The van der Waals surface area contributed by atoms with Crippen LogP contribution in [0.4, 0.5) is 0 Å². The van der Waals surface area contributed by atoms with Crippen LogP contribution in [0.25, 0.3) is 65.8 Å². The van der Waals surface area contributed by atoms with Crippen LogP contribution in [-0.2, 0) is 6.54 Å². The zero-order valence-electron chi connectivity index (χ0n) is 29.9. The third kappa shape index (κ3) is 5.12. The van der Waals surface area contributed by atoms with Gasteiger partial charge in [0.2, 0.25) is 0 Å². The van der Waals surface area contributed by atoms with Gasteiger partial charge in [-0.2, -0.15) is 5.12 Å². The second kappa shape index (κ2) is 12.7. The first-order valence-corrected chi connectivity index (χ1v) is 19.0. The maximum absolute atomic E-state index is 3.67. The molecule has 1 saturated heterocycles. The molecule has 3 unspecified atom stereocenters. The zero-order chi connectivity index (χ0) is 35.6. The number of nitrogens with one attached hydrogen (secondary N) is 1. The maximum Gasteiger partial charge on any atom is 0.129 e. The van der Waals surface area contributed by atoms with Crippen molar-refractivity contribution < 1.29 is 0 Å². The summed E-state index contributed by atoms with van der Waals surface area (Å²) in [6.45, 7) is 1.74. The SMILES string of the molecule is C1=CCC(CN(Cc2ccc(-n3c4ccccc4c4cc5c6ccccc6n(-c6ccccc6)c5cc43)c3ccccc23)N2NC2c2ccccc2)C=C1. The highest BCUT2D eigenvalue weighted by Gasteiger charge is 2.40. The Hall–Kier alpha value is -6.24. The predicted octanol–water partition coefficient (Wildman–Crippen LogP) is 11.4. The van der Waals surface area contributed by atoms with E-state index in [2.05, 4.69) is 207 Å². The molecule has 2 aromatic heterocycles. The highest BCUT2D eigenvalue weighted by Crippen LogP contribution is 2.41. The molecule has 260 valence electrons. The molecule has 1 aliphatic carbocycles. The number of allylic oxidation sites excluding steroid dienone is 3. The lowest BCUT2D eigenvalue weighted by molar-refractivity contribution is 0.0392. The van der Waals surface area contributed by atoms with E-state index < -0.39 is 0 Å². The van der Waals surface area contributed by atoms with E-state index in [1.165, 1.54) is 76.9 Å². The van der Waals surface area contributed by atoms with E-state index in [1.54, 1.807) is 0 Å². The van der Waals surface area contributed by atoms with Crippen LogP contribution in [0.2, 0.25) is 0 Å². The third-order valence-electron chi connectivity index (χ3n) is 11.4. The summed E-state index contributed by atoms with van der Waals surface area (Å²) in [6, 6.07) is 57.7. The minimum atomic E-state index is 0.181. The lowest BCUT2D eigenvalue weighted by Crippen LogP contribution is -2.35. The first kappa shape index (κ1) is 31.3. The van der Waals surface area contributed by atoms with Crippen LogP contribution < -0.4 is 5.43 Å². The Morgan fingerprint density at radius 3 is 1.89 bits per heavy atom. The van der Waals surface area contributed by atoms with Gasteiger partial charge in [-0.05, 0) is 71.3 Å². The summed E-state index contributed by atoms with van der Waals surface area (Å²) in [5.74, 6) is 0.459. The Labute approximate surface area is 314 Å². The number of fused-ring (bicyclic) bond motifs is 7. The smallest absolute Gasteiger partial charge is 0.129 e. The average molecular weight is 698 g/mol. The molecule has 3 heterocycles. The Balaban J connectivity index is 1.08. The fraction of sp³-hybridized carbons (Fsp3) is 0.102. The fourth-order valence-corrected chi connectivity index (χ4v) is 8.88. The van der Waals surface area contributed by atoms with Crippen molar-refractivity contribution in [2.45, 2.75) is 19.1 Å². The van der Waals surface area contributed by atoms with Crippen molar-refractivity contribution in [3.8, 4) is 11.4 Å². The summed E-state index contributed by atoms with van der Waals surface area (Å²) in [4.78, 5) is 0. The van der Waals surface area contributed by atoms with Gasteiger partial charge in [0.15, 0.2) is 0 Å². The first-order chi connectivity index (χ1) is 26.8. The highest BCUT2D eigenvalue weighted by atomic mass is 16.0. The van der Waals surface area contributed by atoms with Gasteiger partial charge in [-0.3, -0.25) is 0 Å². The van der Waals surface area contributed by atoms with Crippen LogP contribution in [0.1, 0.15) is 23.7 Å². The molecule has 5 nitrogen and oxygen atoms in total. The molecule has 1 N–H and O–H groups in total. The lowest BCUT2D eigenvalue weighted by Gasteiger charge is -2.27. The second-order valence-corrected chi connectivity index (χ2v) is 14.7. The van der Waals surface area contributed by atoms with Gasteiger partial charge in [0.25, 0.3) is 0 Å². The summed E-state index contributed by atoms with van der Waals surface area (Å²) in [6.07, 6.45) is 10.2. The van der Waals surface area contributed by atoms with Crippen molar-refractivity contribution in [3.05, 3.63) is 193 Å². The fourth-order valence-electron chi connectivity index (χ4n) is 8.88. The molecule has 1 fully saturated rings. The molecule has 0 amide bonds. The van der Waals surface area contributed by atoms with Crippen molar-refractivity contribution >= 4 is 54.4 Å². The average Bonchev–Trinajstić information content (AvgIpc) is 3.89. The number of hydrazine groups is 2. The molecule has 54 heavy (non-hydrogen) atoms. The Kier molecular flexibility index (Phi) is 7.37. The van der Waals surface area contributed by atoms with Gasteiger partial charge in [-0.1, -0.05) is 140 Å².